The first-order valence-corrected chi connectivity index (χ1v) is 8.81. The van der Waals surface area contributed by atoms with Crippen molar-refractivity contribution in [3.63, 3.8) is 0 Å². The van der Waals surface area contributed by atoms with Gasteiger partial charge in [-0.2, -0.15) is 0 Å². The minimum atomic E-state index is -3.78. The molecule has 2 aromatic rings. The average Bonchev–Trinajstić information content (AvgIpc) is 2.61. The highest BCUT2D eigenvalue weighted by atomic mass is 32.2. The molecule has 6 nitrogen and oxygen atoms in total. The van der Waals surface area contributed by atoms with Crippen molar-refractivity contribution >= 4 is 15.7 Å². The van der Waals surface area contributed by atoms with Crippen molar-refractivity contribution in [1.82, 2.24) is 0 Å². The number of hydrogen-bond acceptors (Lipinski definition) is 5. The summed E-state index contributed by atoms with van der Waals surface area (Å²) in [5, 5.41) is 0. The molecule has 0 amide bonds. The Balaban J connectivity index is 2.55. The van der Waals surface area contributed by atoms with Crippen molar-refractivity contribution in [2.24, 2.45) is 0 Å². The van der Waals surface area contributed by atoms with Gasteiger partial charge in [-0.05, 0) is 31.2 Å². The summed E-state index contributed by atoms with van der Waals surface area (Å²) in [5.74, 6) is 1.31. The Kier molecular flexibility index (Phi) is 5.56. The zero-order chi connectivity index (χ0) is 17.7. The van der Waals surface area contributed by atoms with Crippen LogP contribution in [-0.2, 0) is 10.0 Å². The average molecular weight is 351 g/mol. The maximum atomic E-state index is 13.1. The van der Waals surface area contributed by atoms with E-state index >= 15 is 0 Å². The number of nitrogens with zero attached hydrogens (tertiary/aromatic N) is 1. The molecule has 2 rings (SSSR count). The normalized spacial score (nSPS) is 11.0. The number of para-hydroxylation sites is 2. The molecule has 0 unspecified atom stereocenters. The highest BCUT2D eigenvalue weighted by Gasteiger charge is 2.27. The van der Waals surface area contributed by atoms with Crippen LogP contribution in [-0.4, -0.2) is 36.3 Å². The van der Waals surface area contributed by atoms with Crippen LogP contribution < -0.4 is 18.5 Å². The molecule has 130 valence electrons. The predicted octanol–water partition coefficient (Wildman–Crippen LogP) is 2.93. The van der Waals surface area contributed by atoms with E-state index in [1.165, 1.54) is 37.8 Å². The number of sulfonamides is 1. The summed E-state index contributed by atoms with van der Waals surface area (Å²) in [6.45, 7) is 2.03. The number of hydrogen-bond donors (Lipinski definition) is 0. The van der Waals surface area contributed by atoms with Gasteiger partial charge in [-0.1, -0.05) is 12.1 Å². The molecule has 24 heavy (non-hydrogen) atoms. The molecule has 0 radical (unpaired) electrons. The summed E-state index contributed by atoms with van der Waals surface area (Å²) in [7, 11) is 0.697. The van der Waals surface area contributed by atoms with Crippen LogP contribution in [0, 0.1) is 0 Å². The molecule has 2 aromatic carbocycles. The van der Waals surface area contributed by atoms with Crippen LogP contribution in [0.2, 0.25) is 0 Å². The van der Waals surface area contributed by atoms with Gasteiger partial charge < -0.3 is 14.2 Å². The molecule has 0 N–H and O–H groups in total. The molecule has 7 heteroatoms. The van der Waals surface area contributed by atoms with E-state index in [0.29, 0.717) is 22.9 Å². The highest BCUT2D eigenvalue weighted by molar-refractivity contribution is 7.92. The van der Waals surface area contributed by atoms with Gasteiger partial charge in [0.1, 0.15) is 5.75 Å². The first-order chi connectivity index (χ1) is 11.5. The fourth-order valence-electron chi connectivity index (χ4n) is 2.41. The van der Waals surface area contributed by atoms with E-state index in [1.807, 2.05) is 0 Å². The smallest absolute Gasteiger partial charge is 0.264 e. The molecule has 0 fully saturated rings. The molecular weight excluding hydrogens is 330 g/mol. The van der Waals surface area contributed by atoms with Gasteiger partial charge >= 0.3 is 0 Å². The zero-order valence-corrected chi connectivity index (χ0v) is 15.0. The van der Waals surface area contributed by atoms with E-state index in [1.54, 1.807) is 37.3 Å². The van der Waals surface area contributed by atoms with Gasteiger partial charge in [-0.15, -0.1) is 0 Å². The lowest BCUT2D eigenvalue weighted by Crippen LogP contribution is -2.31. The number of benzene rings is 2. The summed E-state index contributed by atoms with van der Waals surface area (Å²) in [6, 6.07) is 11.5. The van der Waals surface area contributed by atoms with E-state index < -0.39 is 10.0 Å². The van der Waals surface area contributed by atoms with Gasteiger partial charge in [0.15, 0.2) is 11.5 Å². The van der Waals surface area contributed by atoms with Crippen molar-refractivity contribution in [1.29, 1.82) is 0 Å². The summed E-state index contributed by atoms with van der Waals surface area (Å²) in [6.07, 6.45) is 0. The standard InChI is InChI=1S/C17H21NO5S/c1-5-18(14-8-6-7-9-15(14)21-2)24(19,20)13-10-11-16(22-3)17(12-13)23-4/h6-12H,5H2,1-4H3. The zero-order valence-electron chi connectivity index (χ0n) is 14.1. The van der Waals surface area contributed by atoms with E-state index in [0.717, 1.165) is 0 Å². The number of anilines is 1. The molecular formula is C17H21NO5S. The Morgan fingerprint density at radius 3 is 2.08 bits per heavy atom. The topological polar surface area (TPSA) is 65.1 Å². The van der Waals surface area contributed by atoms with Gasteiger partial charge in [0.2, 0.25) is 0 Å². The Bertz CT molecular complexity index is 804. The van der Waals surface area contributed by atoms with Crippen molar-refractivity contribution < 1.29 is 22.6 Å². The van der Waals surface area contributed by atoms with E-state index in [4.69, 9.17) is 14.2 Å². The third-order valence-corrected chi connectivity index (χ3v) is 5.47. The van der Waals surface area contributed by atoms with Crippen molar-refractivity contribution in [2.45, 2.75) is 11.8 Å². The van der Waals surface area contributed by atoms with Crippen LogP contribution in [0.3, 0.4) is 0 Å². The van der Waals surface area contributed by atoms with Crippen LogP contribution >= 0.6 is 0 Å². The molecule has 0 atom stereocenters. The minimum Gasteiger partial charge on any atom is -0.495 e. The van der Waals surface area contributed by atoms with Gasteiger partial charge in [0.05, 0.1) is 31.9 Å². The minimum absolute atomic E-state index is 0.118. The summed E-state index contributed by atoms with van der Waals surface area (Å²) >= 11 is 0. The van der Waals surface area contributed by atoms with Crippen LogP contribution in [0.4, 0.5) is 5.69 Å². The van der Waals surface area contributed by atoms with Crippen LogP contribution in [0.1, 0.15) is 6.92 Å². The fourth-order valence-corrected chi connectivity index (χ4v) is 3.91. The number of rotatable bonds is 7. The lowest BCUT2D eigenvalue weighted by atomic mass is 10.3. The van der Waals surface area contributed by atoms with Gasteiger partial charge in [0.25, 0.3) is 10.0 Å². The van der Waals surface area contributed by atoms with Gasteiger partial charge in [-0.25, -0.2) is 8.42 Å². The monoisotopic (exact) mass is 351 g/mol. The second-order valence-electron chi connectivity index (χ2n) is 4.86. The van der Waals surface area contributed by atoms with Gasteiger partial charge in [-0.3, -0.25) is 4.31 Å². The van der Waals surface area contributed by atoms with Crippen LogP contribution in [0.15, 0.2) is 47.4 Å². The lowest BCUT2D eigenvalue weighted by molar-refractivity contribution is 0.354. The lowest BCUT2D eigenvalue weighted by Gasteiger charge is -2.25. The fraction of sp³-hybridized carbons (Fsp3) is 0.294. The molecule has 0 heterocycles. The Morgan fingerprint density at radius 1 is 0.875 bits per heavy atom. The van der Waals surface area contributed by atoms with Crippen LogP contribution in [0.25, 0.3) is 0 Å². The maximum Gasteiger partial charge on any atom is 0.264 e. The Morgan fingerprint density at radius 2 is 1.50 bits per heavy atom. The van der Waals surface area contributed by atoms with E-state index in [-0.39, 0.29) is 11.4 Å². The summed E-state index contributed by atoms with van der Waals surface area (Å²) in [4.78, 5) is 0.118. The third-order valence-electron chi connectivity index (χ3n) is 3.58. The molecule has 0 aromatic heterocycles. The largest absolute Gasteiger partial charge is 0.495 e. The number of ether oxygens (including phenoxy) is 3. The molecule has 0 aliphatic rings. The maximum absolute atomic E-state index is 13.1. The molecule has 0 saturated heterocycles. The quantitative estimate of drug-likeness (QED) is 0.767. The van der Waals surface area contributed by atoms with Crippen LogP contribution in [0.5, 0.6) is 17.2 Å². The summed E-state index contributed by atoms with van der Waals surface area (Å²) < 4.78 is 43.1. The first-order valence-electron chi connectivity index (χ1n) is 7.37. The Labute approximate surface area is 142 Å². The second-order valence-corrected chi connectivity index (χ2v) is 6.72. The van der Waals surface area contributed by atoms with E-state index in [2.05, 4.69) is 0 Å². The van der Waals surface area contributed by atoms with Crippen molar-refractivity contribution in [3.8, 4) is 17.2 Å². The SMILES string of the molecule is CCN(c1ccccc1OC)S(=O)(=O)c1ccc(OC)c(OC)c1. The summed E-state index contributed by atoms with van der Waals surface area (Å²) in [5.41, 5.74) is 0.484. The molecule has 0 spiro atoms. The van der Waals surface area contributed by atoms with E-state index in [9.17, 15) is 8.42 Å². The van der Waals surface area contributed by atoms with Crippen molar-refractivity contribution in [2.75, 3.05) is 32.2 Å². The molecule has 0 aliphatic heterocycles. The van der Waals surface area contributed by atoms with Crippen molar-refractivity contribution in [3.05, 3.63) is 42.5 Å². The molecule has 0 saturated carbocycles. The Hall–Kier alpha value is -2.41. The second kappa shape index (κ2) is 7.44. The highest BCUT2D eigenvalue weighted by Crippen LogP contribution is 2.35. The molecule has 0 aliphatic carbocycles. The third kappa shape index (κ3) is 3.26. The first kappa shape index (κ1) is 17.9. The predicted molar refractivity (Wildman–Crippen MR) is 92.7 cm³/mol. The molecule has 0 bridgehead atoms. The number of methoxy groups -OCH3 is 3. The van der Waals surface area contributed by atoms with Gasteiger partial charge in [0, 0.05) is 12.6 Å².